The average molecular weight is 390 g/mol. The number of hydrogen-bond acceptors (Lipinski definition) is 5. The quantitative estimate of drug-likeness (QED) is 0.519. The van der Waals surface area contributed by atoms with Gasteiger partial charge in [-0.15, -0.1) is 0 Å². The molecule has 1 aromatic rings. The number of rotatable bonds is 8. The first-order valence-electron chi connectivity index (χ1n) is 9.23. The second-order valence-electron chi connectivity index (χ2n) is 6.73. The van der Waals surface area contributed by atoms with Gasteiger partial charge in [0.25, 0.3) is 5.91 Å². The molecular weight excluding hydrogens is 364 g/mol. The van der Waals surface area contributed by atoms with Gasteiger partial charge in [-0.2, -0.15) is 0 Å². The van der Waals surface area contributed by atoms with E-state index >= 15 is 0 Å². The number of amides is 2. The number of ether oxygens (including phenoxy) is 1. The van der Waals surface area contributed by atoms with E-state index in [0.717, 1.165) is 18.1 Å². The number of aryl methyl sites for hydroxylation is 1. The third-order valence-electron chi connectivity index (χ3n) is 4.57. The standard InChI is InChI=1S/C20H26N2O6/c1-3-14(10-9-13-7-5-4-6-8-13)22-19(25)18-17(21-12(2)23)15(24)11-16(28-18)20(26)27/h4-8,11,14-15,17-18,24H,3,9-10H2,1-2H3,(H,21,23)(H,22,25)(H,26,27)/t14?,15-,17-,18-/m1/s1. The van der Waals surface area contributed by atoms with E-state index in [1.807, 2.05) is 37.3 Å². The molecule has 0 spiro atoms. The van der Waals surface area contributed by atoms with Crippen molar-refractivity contribution in [2.24, 2.45) is 0 Å². The van der Waals surface area contributed by atoms with E-state index in [4.69, 9.17) is 9.84 Å². The molecule has 0 saturated heterocycles. The zero-order valence-electron chi connectivity index (χ0n) is 15.9. The lowest BCUT2D eigenvalue weighted by Gasteiger charge is -2.34. The van der Waals surface area contributed by atoms with Crippen LogP contribution in [-0.4, -0.2) is 52.3 Å². The predicted molar refractivity (Wildman–Crippen MR) is 101 cm³/mol. The third kappa shape index (κ3) is 5.82. The van der Waals surface area contributed by atoms with Crippen molar-refractivity contribution in [3.63, 3.8) is 0 Å². The molecule has 4 atom stereocenters. The van der Waals surface area contributed by atoms with Crippen molar-refractivity contribution in [2.75, 3.05) is 0 Å². The maximum Gasteiger partial charge on any atom is 0.370 e. The summed E-state index contributed by atoms with van der Waals surface area (Å²) in [5, 5.41) is 24.6. The Morgan fingerprint density at radius 1 is 1.21 bits per heavy atom. The van der Waals surface area contributed by atoms with E-state index in [0.29, 0.717) is 12.8 Å². The highest BCUT2D eigenvalue weighted by Crippen LogP contribution is 2.20. The first kappa shape index (κ1) is 21.4. The van der Waals surface area contributed by atoms with Crippen LogP contribution < -0.4 is 10.6 Å². The second kappa shape index (κ2) is 9.89. The number of carbonyl (C=O) groups is 3. The fraction of sp³-hybridized carbons (Fsp3) is 0.450. The molecule has 1 aliphatic heterocycles. The Morgan fingerprint density at radius 3 is 2.46 bits per heavy atom. The molecule has 8 nitrogen and oxygen atoms in total. The predicted octanol–water partition coefficient (Wildman–Crippen LogP) is 0.747. The minimum atomic E-state index is -1.39. The van der Waals surface area contributed by atoms with Gasteiger partial charge in [0, 0.05) is 13.0 Å². The number of hydrogen-bond donors (Lipinski definition) is 4. The molecule has 0 saturated carbocycles. The molecular formula is C20H26N2O6. The summed E-state index contributed by atoms with van der Waals surface area (Å²) in [4.78, 5) is 35.4. The first-order valence-corrected chi connectivity index (χ1v) is 9.23. The van der Waals surface area contributed by atoms with Gasteiger partial charge >= 0.3 is 5.97 Å². The van der Waals surface area contributed by atoms with Gasteiger partial charge in [0.2, 0.25) is 11.7 Å². The molecule has 1 aromatic carbocycles. The van der Waals surface area contributed by atoms with E-state index in [1.54, 1.807) is 0 Å². The number of nitrogens with one attached hydrogen (secondary N) is 2. The molecule has 2 amide bonds. The number of carboxylic acid groups (broad SMARTS) is 1. The summed E-state index contributed by atoms with van der Waals surface area (Å²) in [6.07, 6.45) is 0.390. The number of benzene rings is 1. The largest absolute Gasteiger partial charge is 0.475 e. The van der Waals surface area contributed by atoms with E-state index in [1.165, 1.54) is 6.92 Å². The Hall–Kier alpha value is -2.87. The van der Waals surface area contributed by atoms with Crippen LogP contribution in [-0.2, 0) is 25.5 Å². The van der Waals surface area contributed by atoms with Crippen molar-refractivity contribution >= 4 is 17.8 Å². The smallest absolute Gasteiger partial charge is 0.370 e. The topological polar surface area (TPSA) is 125 Å². The lowest BCUT2D eigenvalue weighted by molar-refractivity contribution is -0.145. The Morgan fingerprint density at radius 2 is 1.89 bits per heavy atom. The number of aliphatic hydroxyl groups excluding tert-OH is 1. The molecule has 0 bridgehead atoms. The van der Waals surface area contributed by atoms with Crippen LogP contribution in [0, 0.1) is 0 Å². The van der Waals surface area contributed by atoms with Crippen molar-refractivity contribution in [1.29, 1.82) is 0 Å². The normalized spacial score (nSPS) is 22.4. The molecule has 0 aliphatic carbocycles. The van der Waals surface area contributed by atoms with Gasteiger partial charge in [-0.05, 0) is 30.9 Å². The summed E-state index contributed by atoms with van der Waals surface area (Å²) in [5.74, 6) is -2.96. The molecule has 4 N–H and O–H groups in total. The number of carboxylic acids is 1. The molecule has 1 aliphatic rings. The highest BCUT2D eigenvalue weighted by atomic mass is 16.5. The van der Waals surface area contributed by atoms with Crippen LogP contribution in [0.15, 0.2) is 42.2 Å². The summed E-state index contributed by atoms with van der Waals surface area (Å²) < 4.78 is 5.28. The molecule has 0 aromatic heterocycles. The second-order valence-corrected chi connectivity index (χ2v) is 6.73. The van der Waals surface area contributed by atoms with Crippen molar-refractivity contribution in [3.8, 4) is 0 Å². The van der Waals surface area contributed by atoms with Crippen LogP contribution >= 0.6 is 0 Å². The summed E-state index contributed by atoms with van der Waals surface area (Å²) >= 11 is 0. The molecule has 0 radical (unpaired) electrons. The number of aliphatic carboxylic acids is 1. The van der Waals surface area contributed by atoms with E-state index in [2.05, 4.69) is 10.6 Å². The van der Waals surface area contributed by atoms with Crippen LogP contribution in [0.25, 0.3) is 0 Å². The maximum absolute atomic E-state index is 12.8. The Labute approximate surface area is 163 Å². The van der Waals surface area contributed by atoms with E-state index in [9.17, 15) is 19.5 Å². The summed E-state index contributed by atoms with van der Waals surface area (Å²) in [5.41, 5.74) is 1.15. The van der Waals surface area contributed by atoms with Crippen molar-refractivity contribution in [1.82, 2.24) is 10.6 Å². The molecule has 0 fully saturated rings. The lowest BCUT2D eigenvalue weighted by Crippen LogP contribution is -2.59. The lowest BCUT2D eigenvalue weighted by atomic mass is 9.98. The van der Waals surface area contributed by atoms with Gasteiger partial charge in [0.1, 0.15) is 12.1 Å². The van der Waals surface area contributed by atoms with E-state index in [-0.39, 0.29) is 6.04 Å². The zero-order valence-corrected chi connectivity index (χ0v) is 15.9. The molecule has 152 valence electrons. The highest BCUT2D eigenvalue weighted by Gasteiger charge is 2.41. The van der Waals surface area contributed by atoms with Crippen LogP contribution in [0.2, 0.25) is 0 Å². The van der Waals surface area contributed by atoms with Crippen LogP contribution in [0.1, 0.15) is 32.3 Å². The summed E-state index contributed by atoms with van der Waals surface area (Å²) in [6, 6.07) is 8.60. The molecule has 28 heavy (non-hydrogen) atoms. The Kier molecular flexibility index (Phi) is 7.57. The van der Waals surface area contributed by atoms with Gasteiger partial charge < -0.3 is 25.6 Å². The molecule has 1 heterocycles. The fourth-order valence-corrected chi connectivity index (χ4v) is 3.07. The van der Waals surface area contributed by atoms with Gasteiger partial charge in [-0.25, -0.2) is 4.79 Å². The minimum Gasteiger partial charge on any atom is -0.475 e. The van der Waals surface area contributed by atoms with Gasteiger partial charge in [-0.1, -0.05) is 37.3 Å². The molecule has 8 heteroatoms. The Balaban J connectivity index is 2.07. The van der Waals surface area contributed by atoms with Gasteiger partial charge in [0.05, 0.1) is 0 Å². The van der Waals surface area contributed by atoms with Crippen LogP contribution in [0.3, 0.4) is 0 Å². The molecule has 2 rings (SSSR count). The number of carbonyl (C=O) groups excluding carboxylic acids is 2. The fourth-order valence-electron chi connectivity index (χ4n) is 3.07. The summed E-state index contributed by atoms with van der Waals surface area (Å²) in [7, 11) is 0. The zero-order chi connectivity index (χ0) is 20.7. The monoisotopic (exact) mass is 390 g/mol. The van der Waals surface area contributed by atoms with Crippen LogP contribution in [0.4, 0.5) is 0 Å². The van der Waals surface area contributed by atoms with Gasteiger partial charge in [-0.3, -0.25) is 9.59 Å². The van der Waals surface area contributed by atoms with Gasteiger partial charge in [0.15, 0.2) is 6.10 Å². The van der Waals surface area contributed by atoms with Crippen molar-refractivity contribution in [3.05, 3.63) is 47.7 Å². The Bertz CT molecular complexity index is 733. The average Bonchev–Trinajstić information content (AvgIpc) is 2.66. The first-order chi connectivity index (χ1) is 13.3. The van der Waals surface area contributed by atoms with Crippen molar-refractivity contribution < 1.29 is 29.3 Å². The van der Waals surface area contributed by atoms with Crippen molar-refractivity contribution in [2.45, 2.75) is 57.4 Å². The van der Waals surface area contributed by atoms with E-state index < -0.39 is 41.8 Å². The summed E-state index contributed by atoms with van der Waals surface area (Å²) in [6.45, 7) is 3.17. The third-order valence-corrected chi connectivity index (χ3v) is 4.57. The van der Waals surface area contributed by atoms with Crippen LogP contribution in [0.5, 0.6) is 0 Å². The highest BCUT2D eigenvalue weighted by molar-refractivity contribution is 5.88. The SMILES string of the molecule is CCC(CCc1ccccc1)NC(=O)[C@@H]1OC(C(=O)O)=C[C@@H](O)[C@H]1NC(C)=O. The molecule has 1 unspecified atom stereocenters. The number of aliphatic hydroxyl groups is 1. The maximum atomic E-state index is 12.8. The minimum absolute atomic E-state index is 0.161.